The molecular formula is C9H17N3OS2. The summed E-state index contributed by atoms with van der Waals surface area (Å²) in [4.78, 5) is 4.24. The Balaban J connectivity index is 2.61. The minimum atomic E-state index is -0.0239. The molecule has 0 saturated carbocycles. The van der Waals surface area contributed by atoms with Crippen molar-refractivity contribution < 1.29 is 5.11 Å². The van der Waals surface area contributed by atoms with Crippen LogP contribution in [0.3, 0.4) is 0 Å². The fourth-order valence-electron chi connectivity index (χ4n) is 1.12. The molecule has 1 rings (SSSR count). The number of aliphatic hydroxyl groups is 1. The number of hydrogen-bond acceptors (Lipinski definition) is 6. The smallest absolute Gasteiger partial charge is 0.170 e. The lowest BCUT2D eigenvalue weighted by atomic mass is 10.0. The minimum Gasteiger partial charge on any atom is -0.395 e. The summed E-state index contributed by atoms with van der Waals surface area (Å²) in [6.45, 7) is 6.04. The van der Waals surface area contributed by atoms with Crippen LogP contribution < -0.4 is 5.73 Å². The number of aliphatic hydroxyl groups excluding tert-OH is 1. The van der Waals surface area contributed by atoms with Gasteiger partial charge < -0.3 is 10.8 Å². The van der Waals surface area contributed by atoms with Crippen LogP contribution in [0.1, 0.15) is 19.7 Å². The lowest BCUT2D eigenvalue weighted by molar-refractivity contribution is 0.269. The van der Waals surface area contributed by atoms with Gasteiger partial charge >= 0.3 is 0 Å². The highest BCUT2D eigenvalue weighted by molar-refractivity contribution is 8.01. The van der Waals surface area contributed by atoms with Gasteiger partial charge in [-0.1, -0.05) is 25.6 Å². The molecule has 6 heteroatoms. The van der Waals surface area contributed by atoms with Gasteiger partial charge in [0.05, 0.1) is 11.9 Å². The van der Waals surface area contributed by atoms with E-state index in [1.807, 2.05) is 6.92 Å². The molecule has 0 fully saturated rings. The van der Waals surface area contributed by atoms with Gasteiger partial charge in [0.25, 0.3) is 0 Å². The number of nitrogens with zero attached hydrogens (tertiary/aromatic N) is 2. The van der Waals surface area contributed by atoms with Crippen molar-refractivity contribution in [1.82, 2.24) is 9.36 Å². The molecule has 86 valence electrons. The summed E-state index contributed by atoms with van der Waals surface area (Å²) in [6, 6.07) is -0.0239. The number of thioether (sulfide) groups is 1. The molecule has 1 aromatic rings. The van der Waals surface area contributed by atoms with Crippen LogP contribution in [0.15, 0.2) is 4.34 Å². The lowest BCUT2D eigenvalue weighted by Crippen LogP contribution is -2.39. The van der Waals surface area contributed by atoms with Gasteiger partial charge in [0, 0.05) is 6.04 Å². The highest BCUT2D eigenvalue weighted by atomic mass is 32.2. The zero-order valence-corrected chi connectivity index (χ0v) is 10.8. The summed E-state index contributed by atoms with van der Waals surface area (Å²) in [5.41, 5.74) is 6.00. The van der Waals surface area contributed by atoms with Crippen molar-refractivity contribution in [2.75, 3.05) is 6.61 Å². The zero-order valence-electron chi connectivity index (χ0n) is 9.17. The van der Waals surface area contributed by atoms with Gasteiger partial charge in [-0.05, 0) is 24.4 Å². The predicted molar refractivity (Wildman–Crippen MR) is 64.2 cm³/mol. The largest absolute Gasteiger partial charge is 0.395 e. The van der Waals surface area contributed by atoms with Crippen LogP contribution in [0.4, 0.5) is 0 Å². The molecule has 1 heterocycles. The third-order valence-electron chi connectivity index (χ3n) is 2.14. The first-order valence-electron chi connectivity index (χ1n) is 4.88. The van der Waals surface area contributed by atoms with Crippen molar-refractivity contribution in [3.8, 4) is 0 Å². The summed E-state index contributed by atoms with van der Waals surface area (Å²) in [6.07, 6.45) is 0. The van der Waals surface area contributed by atoms with Crippen molar-refractivity contribution in [2.45, 2.75) is 36.4 Å². The molecule has 2 atom stereocenters. The Morgan fingerprint density at radius 1 is 1.53 bits per heavy atom. The summed E-state index contributed by atoms with van der Waals surface area (Å²) in [7, 11) is 0. The molecule has 0 aliphatic heterocycles. The second-order valence-corrected chi connectivity index (χ2v) is 6.01. The van der Waals surface area contributed by atoms with Crippen LogP contribution in [-0.2, 0) is 0 Å². The van der Waals surface area contributed by atoms with Gasteiger partial charge in [0.1, 0.15) is 5.82 Å². The van der Waals surface area contributed by atoms with Gasteiger partial charge in [-0.2, -0.15) is 4.37 Å². The van der Waals surface area contributed by atoms with Crippen molar-refractivity contribution in [3.05, 3.63) is 5.82 Å². The van der Waals surface area contributed by atoms with Crippen molar-refractivity contribution in [2.24, 2.45) is 11.7 Å². The summed E-state index contributed by atoms with van der Waals surface area (Å²) in [5.74, 6) is 1.13. The van der Waals surface area contributed by atoms with Crippen LogP contribution in [0.2, 0.25) is 0 Å². The number of rotatable bonds is 5. The van der Waals surface area contributed by atoms with E-state index in [0.717, 1.165) is 10.2 Å². The highest BCUT2D eigenvalue weighted by Gasteiger charge is 2.22. The average molecular weight is 247 g/mol. The Labute approximate surface area is 98.5 Å². The first kappa shape index (κ1) is 12.9. The van der Waals surface area contributed by atoms with Crippen LogP contribution in [-0.4, -0.2) is 32.4 Å². The van der Waals surface area contributed by atoms with Gasteiger partial charge in [-0.3, -0.25) is 0 Å². The molecule has 4 nitrogen and oxygen atoms in total. The molecule has 2 unspecified atom stereocenters. The summed E-state index contributed by atoms with van der Waals surface area (Å²) < 4.78 is 4.97. The fourth-order valence-corrected chi connectivity index (χ4v) is 3.19. The molecule has 1 aromatic heterocycles. The second kappa shape index (κ2) is 5.79. The average Bonchev–Trinajstić information content (AvgIpc) is 2.59. The zero-order chi connectivity index (χ0) is 11.4. The van der Waals surface area contributed by atoms with Gasteiger partial charge in [-0.25, -0.2) is 4.98 Å². The van der Waals surface area contributed by atoms with E-state index in [9.17, 15) is 5.11 Å². The van der Waals surface area contributed by atoms with E-state index < -0.39 is 0 Å². The quantitative estimate of drug-likeness (QED) is 0.767. The Morgan fingerprint density at radius 2 is 2.20 bits per heavy atom. The van der Waals surface area contributed by atoms with E-state index in [1.54, 1.807) is 0 Å². The number of hydrogen-bond donors (Lipinski definition) is 2. The van der Waals surface area contributed by atoms with Crippen LogP contribution >= 0.6 is 23.3 Å². The number of aromatic nitrogens is 2. The van der Waals surface area contributed by atoms with Crippen LogP contribution in [0.5, 0.6) is 0 Å². The first-order valence-corrected chi connectivity index (χ1v) is 6.53. The SMILES string of the molecule is Cc1nsc(SC(CO)C(N)C(C)C)n1. The maximum atomic E-state index is 9.27. The van der Waals surface area contributed by atoms with Crippen molar-refractivity contribution >= 4 is 23.3 Å². The molecule has 0 radical (unpaired) electrons. The fraction of sp³-hybridized carbons (Fsp3) is 0.778. The maximum Gasteiger partial charge on any atom is 0.170 e. The topological polar surface area (TPSA) is 72.0 Å². The third-order valence-corrected chi connectivity index (χ3v) is 4.31. The minimum absolute atomic E-state index is 0.00245. The second-order valence-electron chi connectivity index (χ2n) is 3.77. The van der Waals surface area contributed by atoms with Gasteiger partial charge in [0.15, 0.2) is 4.34 Å². The lowest BCUT2D eigenvalue weighted by Gasteiger charge is -2.23. The Bertz CT molecular complexity index is 303. The Morgan fingerprint density at radius 3 is 2.60 bits per heavy atom. The monoisotopic (exact) mass is 247 g/mol. The highest BCUT2D eigenvalue weighted by Crippen LogP contribution is 2.28. The molecule has 3 N–H and O–H groups in total. The molecule has 0 aliphatic carbocycles. The molecule has 0 aliphatic rings. The summed E-state index contributed by atoms with van der Waals surface area (Å²) in [5, 5.41) is 9.27. The number of nitrogens with two attached hydrogens (primary N) is 1. The van der Waals surface area contributed by atoms with Crippen molar-refractivity contribution in [3.63, 3.8) is 0 Å². The maximum absolute atomic E-state index is 9.27. The molecule has 0 aromatic carbocycles. The summed E-state index contributed by atoms with van der Waals surface area (Å²) >= 11 is 2.87. The molecule has 15 heavy (non-hydrogen) atoms. The predicted octanol–water partition coefficient (Wildman–Crippen LogP) is 1.28. The van der Waals surface area contributed by atoms with E-state index in [-0.39, 0.29) is 17.9 Å². The van der Waals surface area contributed by atoms with E-state index >= 15 is 0 Å². The Kier molecular flexibility index (Phi) is 4.98. The molecule has 0 saturated heterocycles. The van der Waals surface area contributed by atoms with E-state index in [1.165, 1.54) is 23.3 Å². The molecule has 0 spiro atoms. The standard InChI is InChI=1S/C9H17N3OS2/c1-5(2)8(10)7(4-13)14-9-11-6(3)12-15-9/h5,7-8,13H,4,10H2,1-3H3. The molecule has 0 bridgehead atoms. The van der Waals surface area contributed by atoms with Gasteiger partial charge in [-0.15, -0.1) is 0 Å². The normalized spacial score (nSPS) is 15.6. The van der Waals surface area contributed by atoms with Crippen molar-refractivity contribution in [1.29, 1.82) is 0 Å². The first-order chi connectivity index (χ1) is 7.04. The van der Waals surface area contributed by atoms with E-state index in [2.05, 4.69) is 23.2 Å². The van der Waals surface area contributed by atoms with Gasteiger partial charge in [0.2, 0.25) is 0 Å². The van der Waals surface area contributed by atoms with Crippen LogP contribution in [0, 0.1) is 12.8 Å². The van der Waals surface area contributed by atoms with E-state index in [4.69, 9.17) is 5.73 Å². The molecular weight excluding hydrogens is 230 g/mol. The number of aryl methyl sites for hydroxylation is 1. The Hall–Kier alpha value is -0.170. The van der Waals surface area contributed by atoms with Crippen LogP contribution in [0.25, 0.3) is 0 Å². The van der Waals surface area contributed by atoms with E-state index in [0.29, 0.717) is 5.92 Å². The molecule has 0 amide bonds. The third kappa shape index (κ3) is 3.71.